The number of hydrogen-bond acceptors (Lipinski definition) is 2. The Kier molecular flexibility index (Phi) is 4.80. The Bertz CT molecular complexity index is 480. The van der Waals surface area contributed by atoms with E-state index in [-0.39, 0.29) is 0 Å². The summed E-state index contributed by atoms with van der Waals surface area (Å²) < 4.78 is 13.3. The molecular formula is C16H28O2Si3. The summed E-state index contributed by atoms with van der Waals surface area (Å²) in [4.78, 5) is 0. The molecule has 2 aliphatic rings. The van der Waals surface area contributed by atoms with Crippen molar-refractivity contribution < 1.29 is 8.23 Å². The molecular weight excluding hydrogens is 308 g/mol. The quantitative estimate of drug-likeness (QED) is 0.637. The second kappa shape index (κ2) is 5.97. The molecule has 5 heteroatoms. The van der Waals surface area contributed by atoms with Gasteiger partial charge in [0.2, 0.25) is 16.6 Å². The molecule has 0 amide bonds. The van der Waals surface area contributed by atoms with Crippen molar-refractivity contribution in [1.82, 2.24) is 0 Å². The Morgan fingerprint density at radius 2 is 1.10 bits per heavy atom. The Labute approximate surface area is 132 Å². The first-order valence-corrected chi connectivity index (χ1v) is 16.4. The molecule has 0 aliphatic heterocycles. The first-order chi connectivity index (χ1) is 9.62. The van der Waals surface area contributed by atoms with Crippen molar-refractivity contribution in [3.05, 3.63) is 46.8 Å². The Balaban J connectivity index is 2.04. The number of allylic oxidation sites excluding steroid dienone is 8. The maximum Gasteiger partial charge on any atom is 0.311 e. The lowest BCUT2D eigenvalue weighted by molar-refractivity contribution is 0.396. The molecule has 0 spiro atoms. The minimum Gasteiger partial charge on any atom is -0.433 e. The molecule has 0 aromatic carbocycles. The molecule has 0 unspecified atom stereocenters. The van der Waals surface area contributed by atoms with Crippen LogP contribution in [0.4, 0.5) is 0 Å². The van der Waals surface area contributed by atoms with Gasteiger partial charge < -0.3 is 8.23 Å². The van der Waals surface area contributed by atoms with Gasteiger partial charge in [0, 0.05) is 0 Å². The summed E-state index contributed by atoms with van der Waals surface area (Å²) in [7, 11) is -5.77. The molecule has 0 saturated heterocycles. The van der Waals surface area contributed by atoms with E-state index in [0.717, 1.165) is 12.8 Å². The fourth-order valence-corrected chi connectivity index (χ4v) is 16.8. The van der Waals surface area contributed by atoms with Gasteiger partial charge >= 0.3 is 8.56 Å². The first kappa shape index (κ1) is 16.9. The van der Waals surface area contributed by atoms with E-state index in [1.54, 1.807) is 0 Å². The Morgan fingerprint density at radius 1 is 0.714 bits per heavy atom. The highest BCUT2D eigenvalue weighted by molar-refractivity contribution is 6.92. The van der Waals surface area contributed by atoms with E-state index in [4.69, 9.17) is 8.23 Å². The summed E-state index contributed by atoms with van der Waals surface area (Å²) in [6.45, 7) is 13.6. The molecule has 0 bridgehead atoms. The molecule has 2 aliphatic carbocycles. The number of hydrogen-bond donors (Lipinski definition) is 0. The van der Waals surface area contributed by atoms with Crippen molar-refractivity contribution in [2.45, 2.75) is 52.1 Å². The summed E-state index contributed by atoms with van der Waals surface area (Å²) in [5.41, 5.74) is 0. The highest BCUT2D eigenvalue weighted by Crippen LogP contribution is 2.31. The third-order valence-electron chi connectivity index (χ3n) is 4.09. The summed E-state index contributed by atoms with van der Waals surface area (Å²) in [6.07, 6.45) is 15.3. The van der Waals surface area contributed by atoms with Gasteiger partial charge in [-0.3, -0.25) is 0 Å². The lowest BCUT2D eigenvalue weighted by Crippen LogP contribution is -2.53. The topological polar surface area (TPSA) is 18.5 Å². The predicted molar refractivity (Wildman–Crippen MR) is 98.3 cm³/mol. The number of rotatable bonds is 6. The lowest BCUT2D eigenvalue weighted by Gasteiger charge is -2.39. The van der Waals surface area contributed by atoms with Crippen LogP contribution in [0.5, 0.6) is 0 Å². The maximum absolute atomic E-state index is 6.64. The maximum atomic E-state index is 6.64. The third-order valence-corrected chi connectivity index (χ3v) is 15.9. The molecule has 0 radical (unpaired) electrons. The van der Waals surface area contributed by atoms with Gasteiger partial charge in [-0.2, -0.15) is 0 Å². The van der Waals surface area contributed by atoms with E-state index in [1.165, 1.54) is 10.4 Å². The lowest BCUT2D eigenvalue weighted by atomic mass is 10.5. The molecule has 0 N–H and O–H groups in total. The van der Waals surface area contributed by atoms with E-state index in [9.17, 15) is 0 Å². The summed E-state index contributed by atoms with van der Waals surface area (Å²) in [6, 6.07) is 0. The SMILES string of the molecule is C[Si](C)(O[Si](C)(C)C1=CC=CC1)O[Si](C)(C)C1=CC=CC1. The Hall–Kier alpha value is -0.469. The zero-order chi connectivity index (χ0) is 15.7. The van der Waals surface area contributed by atoms with Gasteiger partial charge in [-0.1, -0.05) is 46.8 Å². The van der Waals surface area contributed by atoms with Crippen LogP contribution in [0, 0.1) is 0 Å². The molecule has 2 nitrogen and oxygen atoms in total. The van der Waals surface area contributed by atoms with Crippen molar-refractivity contribution in [1.29, 1.82) is 0 Å². The van der Waals surface area contributed by atoms with Gasteiger partial charge in [0.1, 0.15) is 0 Å². The molecule has 0 heterocycles. The molecule has 0 aromatic rings. The van der Waals surface area contributed by atoms with Crippen LogP contribution >= 0.6 is 0 Å². The highest BCUT2D eigenvalue weighted by Gasteiger charge is 2.42. The summed E-state index contributed by atoms with van der Waals surface area (Å²) >= 11 is 0. The van der Waals surface area contributed by atoms with Gasteiger partial charge in [0.25, 0.3) is 0 Å². The van der Waals surface area contributed by atoms with E-state index in [2.05, 4.69) is 75.7 Å². The second-order valence-electron chi connectivity index (χ2n) is 7.27. The van der Waals surface area contributed by atoms with Crippen molar-refractivity contribution in [3.63, 3.8) is 0 Å². The van der Waals surface area contributed by atoms with E-state index < -0.39 is 25.2 Å². The van der Waals surface area contributed by atoms with Crippen molar-refractivity contribution in [2.24, 2.45) is 0 Å². The minimum absolute atomic E-state index is 1.06. The average Bonchev–Trinajstić information content (AvgIpc) is 3.00. The normalized spacial score (nSPS) is 19.1. The van der Waals surface area contributed by atoms with Crippen LogP contribution in [0.1, 0.15) is 12.8 Å². The zero-order valence-electron chi connectivity index (χ0n) is 14.2. The van der Waals surface area contributed by atoms with Gasteiger partial charge in [0.05, 0.1) is 0 Å². The Morgan fingerprint density at radius 3 is 1.38 bits per heavy atom. The van der Waals surface area contributed by atoms with E-state index >= 15 is 0 Å². The van der Waals surface area contributed by atoms with Crippen LogP contribution < -0.4 is 0 Å². The third kappa shape index (κ3) is 4.26. The molecule has 2 rings (SSSR count). The van der Waals surface area contributed by atoms with Gasteiger partial charge in [-0.25, -0.2) is 0 Å². The smallest absolute Gasteiger partial charge is 0.311 e. The molecule has 0 fully saturated rings. The van der Waals surface area contributed by atoms with Gasteiger partial charge in [0.15, 0.2) is 0 Å². The molecule has 0 atom stereocenters. The molecule has 0 saturated carbocycles. The van der Waals surface area contributed by atoms with Crippen molar-refractivity contribution >= 4 is 25.2 Å². The van der Waals surface area contributed by atoms with E-state index in [0.29, 0.717) is 0 Å². The molecule has 21 heavy (non-hydrogen) atoms. The average molecular weight is 337 g/mol. The van der Waals surface area contributed by atoms with Crippen LogP contribution in [0.2, 0.25) is 39.3 Å². The van der Waals surface area contributed by atoms with Crippen LogP contribution in [0.25, 0.3) is 0 Å². The predicted octanol–water partition coefficient (Wildman–Crippen LogP) is 4.98. The summed E-state index contributed by atoms with van der Waals surface area (Å²) in [5, 5.41) is 2.96. The fourth-order valence-electron chi connectivity index (χ4n) is 3.17. The second-order valence-corrected chi connectivity index (χ2v) is 19.0. The van der Waals surface area contributed by atoms with Crippen molar-refractivity contribution in [3.8, 4) is 0 Å². The zero-order valence-corrected chi connectivity index (χ0v) is 17.2. The van der Waals surface area contributed by atoms with Gasteiger partial charge in [-0.15, -0.1) is 0 Å². The van der Waals surface area contributed by atoms with Crippen LogP contribution in [-0.2, 0) is 8.23 Å². The molecule has 116 valence electrons. The highest BCUT2D eigenvalue weighted by atomic mass is 28.5. The van der Waals surface area contributed by atoms with Gasteiger partial charge in [-0.05, 0) is 52.1 Å². The largest absolute Gasteiger partial charge is 0.433 e. The fraction of sp³-hybridized carbons (Fsp3) is 0.500. The first-order valence-electron chi connectivity index (χ1n) is 7.75. The summed E-state index contributed by atoms with van der Waals surface area (Å²) in [5.74, 6) is 0. The molecule has 0 aromatic heterocycles. The van der Waals surface area contributed by atoms with Crippen LogP contribution in [0.15, 0.2) is 46.8 Å². The van der Waals surface area contributed by atoms with Crippen molar-refractivity contribution in [2.75, 3.05) is 0 Å². The van der Waals surface area contributed by atoms with Crippen LogP contribution in [0.3, 0.4) is 0 Å². The van der Waals surface area contributed by atoms with E-state index in [1.807, 2.05) is 0 Å². The minimum atomic E-state index is -2.12. The standard InChI is InChI=1S/C16H28O2Si3/c1-19(2,15-11-7-8-12-15)17-21(5,6)18-20(3,4)16-13-9-10-14-16/h7-11,13H,12,14H2,1-6H3. The monoisotopic (exact) mass is 336 g/mol. The van der Waals surface area contributed by atoms with Crippen LogP contribution in [-0.4, -0.2) is 25.2 Å².